The van der Waals surface area contributed by atoms with Gasteiger partial charge in [-0.3, -0.25) is 0 Å². The molecule has 0 radical (unpaired) electrons. The summed E-state index contributed by atoms with van der Waals surface area (Å²) in [5.41, 5.74) is -3.07. The zero-order chi connectivity index (χ0) is 34.4. The zero-order valence-corrected chi connectivity index (χ0v) is 27.4. The number of carbonyl (C=O) groups is 2. The molecule has 0 aromatic rings. The molecule has 0 bridgehead atoms. The molecule has 2 saturated heterocycles. The van der Waals surface area contributed by atoms with E-state index < -0.39 is 90.1 Å². The number of aliphatic hydroxyl groups excluding tert-OH is 5. The molecule has 0 aromatic heterocycles. The molecule has 7 aliphatic rings. The first-order valence-corrected chi connectivity index (χ1v) is 17.5. The number of hydrogen-bond donors (Lipinski definition) is 7. The highest BCUT2D eigenvalue weighted by Gasteiger charge is 2.71. The summed E-state index contributed by atoms with van der Waals surface area (Å²) in [6.07, 6.45) is -5.51. The van der Waals surface area contributed by atoms with Gasteiger partial charge in [-0.05, 0) is 81.6 Å². The third-order valence-electron chi connectivity index (χ3n) is 13.7. The number of carbonyl (C=O) groups excluding carboxylic acids is 2. The lowest BCUT2D eigenvalue weighted by molar-refractivity contribution is -0.317. The van der Waals surface area contributed by atoms with E-state index in [2.05, 4.69) is 6.92 Å². The first kappa shape index (κ1) is 34.9. The van der Waals surface area contributed by atoms with Gasteiger partial charge in [-0.1, -0.05) is 6.92 Å². The highest BCUT2D eigenvalue weighted by molar-refractivity contribution is 5.85. The van der Waals surface area contributed by atoms with Crippen molar-refractivity contribution < 1.29 is 69.0 Å². The van der Waals surface area contributed by atoms with E-state index in [1.54, 1.807) is 13.0 Å². The minimum Gasteiger partial charge on any atom is -0.458 e. The number of ether oxygens (including phenoxy) is 5. The van der Waals surface area contributed by atoms with Crippen LogP contribution in [0.1, 0.15) is 71.6 Å². The Balaban J connectivity index is 1.03. The summed E-state index contributed by atoms with van der Waals surface area (Å²) in [4.78, 5) is 25.0. The van der Waals surface area contributed by atoms with Crippen LogP contribution in [0.25, 0.3) is 0 Å². The van der Waals surface area contributed by atoms with Crippen LogP contribution in [0.3, 0.4) is 0 Å². The summed E-state index contributed by atoms with van der Waals surface area (Å²) in [7, 11) is 0. The fourth-order valence-corrected chi connectivity index (χ4v) is 11.1. The van der Waals surface area contributed by atoms with Gasteiger partial charge in [0.25, 0.3) is 0 Å². The number of fused-ring (bicyclic) bond motifs is 5. The van der Waals surface area contributed by atoms with E-state index in [1.165, 1.54) is 0 Å². The van der Waals surface area contributed by atoms with Gasteiger partial charge in [-0.25, -0.2) is 4.79 Å². The number of aldehydes is 1. The van der Waals surface area contributed by atoms with Gasteiger partial charge in [-0.2, -0.15) is 0 Å². The maximum absolute atomic E-state index is 13.1. The van der Waals surface area contributed by atoms with Crippen molar-refractivity contribution in [1.29, 1.82) is 0 Å². The number of aliphatic hydroxyl groups is 7. The molecule has 3 aliphatic heterocycles. The summed E-state index contributed by atoms with van der Waals surface area (Å²) in [5, 5.41) is 76.0. The van der Waals surface area contributed by atoms with Gasteiger partial charge in [0.2, 0.25) is 0 Å². The summed E-state index contributed by atoms with van der Waals surface area (Å²) >= 11 is 0. The Morgan fingerprint density at radius 1 is 0.896 bits per heavy atom. The Morgan fingerprint density at radius 2 is 1.62 bits per heavy atom. The van der Waals surface area contributed by atoms with Crippen LogP contribution in [0, 0.1) is 28.6 Å². The van der Waals surface area contributed by atoms with Gasteiger partial charge >= 0.3 is 5.97 Å². The normalized spacial score (nSPS) is 55.0. The fraction of sp³-hybridized carbons (Fsp3) is 0.882. The van der Waals surface area contributed by atoms with Crippen molar-refractivity contribution in [3.8, 4) is 0 Å². The molecule has 3 heterocycles. The second kappa shape index (κ2) is 12.3. The number of esters is 1. The average Bonchev–Trinajstić information content (AvgIpc) is 3.69. The van der Waals surface area contributed by atoms with Gasteiger partial charge in [0.15, 0.2) is 12.6 Å². The summed E-state index contributed by atoms with van der Waals surface area (Å²) in [5.74, 6) is -0.752. The molecule has 0 spiro atoms. The first-order valence-electron chi connectivity index (χ1n) is 17.5. The van der Waals surface area contributed by atoms with Crippen LogP contribution in [0.5, 0.6) is 0 Å². The van der Waals surface area contributed by atoms with Crippen LogP contribution in [-0.2, 0) is 33.3 Å². The Morgan fingerprint density at radius 3 is 2.31 bits per heavy atom. The molecule has 14 heteroatoms. The molecule has 7 rings (SSSR count). The number of hydrogen-bond acceptors (Lipinski definition) is 14. The quantitative estimate of drug-likeness (QED) is 0.129. The van der Waals surface area contributed by atoms with Crippen LogP contribution in [0.2, 0.25) is 0 Å². The molecule has 17 atom stereocenters. The molecule has 0 unspecified atom stereocenters. The van der Waals surface area contributed by atoms with Crippen LogP contribution >= 0.6 is 0 Å². The molecule has 0 amide bonds. The minimum atomic E-state index is -1.65. The summed E-state index contributed by atoms with van der Waals surface area (Å²) in [6.45, 7) is 3.37. The predicted molar refractivity (Wildman–Crippen MR) is 161 cm³/mol. The summed E-state index contributed by atoms with van der Waals surface area (Å²) in [6, 6.07) is 0. The van der Waals surface area contributed by atoms with Gasteiger partial charge in [-0.15, -0.1) is 0 Å². The second-order valence-electron chi connectivity index (χ2n) is 15.7. The van der Waals surface area contributed by atoms with E-state index in [-0.39, 0.29) is 36.8 Å². The van der Waals surface area contributed by atoms with E-state index in [0.717, 1.165) is 18.3 Å². The van der Waals surface area contributed by atoms with Gasteiger partial charge in [0.1, 0.15) is 49.5 Å². The van der Waals surface area contributed by atoms with E-state index in [1.807, 2.05) is 0 Å². The molecule has 6 fully saturated rings. The smallest absolute Gasteiger partial charge is 0.331 e. The molecular weight excluding hydrogens is 632 g/mol. The van der Waals surface area contributed by atoms with Crippen molar-refractivity contribution in [3.05, 3.63) is 11.6 Å². The van der Waals surface area contributed by atoms with E-state index in [0.29, 0.717) is 44.9 Å². The van der Waals surface area contributed by atoms with Crippen molar-refractivity contribution in [3.63, 3.8) is 0 Å². The summed E-state index contributed by atoms with van der Waals surface area (Å²) < 4.78 is 28.6. The molecule has 48 heavy (non-hydrogen) atoms. The molecule has 4 aliphatic carbocycles. The molecule has 4 saturated carbocycles. The molecule has 7 N–H and O–H groups in total. The highest BCUT2D eigenvalue weighted by Crippen LogP contribution is 2.70. The van der Waals surface area contributed by atoms with E-state index >= 15 is 0 Å². The Bertz CT molecular complexity index is 1290. The molecular formula is C34H50O14. The lowest BCUT2D eigenvalue weighted by atomic mass is 9.41. The van der Waals surface area contributed by atoms with Crippen molar-refractivity contribution >= 4 is 12.3 Å². The van der Waals surface area contributed by atoms with Crippen LogP contribution in [0.15, 0.2) is 11.6 Å². The second-order valence-corrected chi connectivity index (χ2v) is 15.7. The largest absolute Gasteiger partial charge is 0.458 e. The first-order chi connectivity index (χ1) is 22.7. The Hall–Kier alpha value is -1.56. The highest BCUT2D eigenvalue weighted by atomic mass is 16.8. The van der Waals surface area contributed by atoms with Gasteiger partial charge in [0.05, 0.1) is 35.4 Å². The van der Waals surface area contributed by atoms with Crippen LogP contribution in [0.4, 0.5) is 0 Å². The van der Waals surface area contributed by atoms with E-state index in [9.17, 15) is 45.3 Å². The molecule has 270 valence electrons. The third-order valence-corrected chi connectivity index (χ3v) is 13.7. The Labute approximate surface area is 279 Å². The number of rotatable bonds is 7. The van der Waals surface area contributed by atoms with Gasteiger partial charge < -0.3 is 64.2 Å². The molecule has 14 nitrogen and oxygen atoms in total. The standard InChI is InChI=1S/C34H50O14/c1-16-28(48-29-26(40)25(39)24(38)22(13-35)47-29)27(41)30(45-16)46-18-3-8-32(15-36)20-4-7-31(2)19(17-11-23(37)44-14-17)6-10-34(31,43)21(20)5-9-33(32,42)12-18/h11,15-16,18-22,24-30,35,38-43H,3-10,12-14H2,1-2H3/t16-,18-,19+,20-,21-,22+,24+,25-,26+,27+,28-,29-,30-,31+,32-,33-,34-/m0/s1. The lowest BCUT2D eigenvalue weighted by Gasteiger charge is -2.65. The maximum Gasteiger partial charge on any atom is 0.331 e. The van der Waals surface area contributed by atoms with E-state index in [4.69, 9.17) is 23.7 Å². The van der Waals surface area contributed by atoms with Crippen molar-refractivity contribution in [2.45, 2.75) is 144 Å². The van der Waals surface area contributed by atoms with Crippen LogP contribution < -0.4 is 0 Å². The topological polar surface area (TPSA) is 222 Å². The van der Waals surface area contributed by atoms with Crippen molar-refractivity contribution in [2.75, 3.05) is 13.2 Å². The zero-order valence-electron chi connectivity index (χ0n) is 27.4. The number of cyclic esters (lactones) is 1. The monoisotopic (exact) mass is 682 g/mol. The van der Waals surface area contributed by atoms with Crippen molar-refractivity contribution in [2.24, 2.45) is 28.6 Å². The third kappa shape index (κ3) is 5.01. The SMILES string of the molecule is C[C@@H]1O[C@@H](O[C@H]2CC[C@]3(C=O)[C@H]4CC[C@]5(C)[C@@H](C6=CC(=O)OC6)CC[C@]5(O)[C@H]4CC[C@]3(O)C2)[C@H](O)[C@H]1O[C@@H]1O[C@H](CO)[C@@H](O)[C@H](O)[C@H]1O. The van der Waals surface area contributed by atoms with Crippen LogP contribution in [-0.4, -0.2) is 134 Å². The lowest BCUT2D eigenvalue weighted by Crippen LogP contribution is -2.69. The average molecular weight is 683 g/mol. The predicted octanol–water partition coefficient (Wildman–Crippen LogP) is -0.787. The maximum atomic E-state index is 13.1. The minimum absolute atomic E-state index is 0.0146. The molecule has 0 aromatic carbocycles. The van der Waals surface area contributed by atoms with Gasteiger partial charge in [0, 0.05) is 17.9 Å². The Kier molecular flexibility index (Phi) is 8.93. The fourth-order valence-electron chi connectivity index (χ4n) is 11.1. The van der Waals surface area contributed by atoms with Crippen molar-refractivity contribution in [1.82, 2.24) is 0 Å².